The summed E-state index contributed by atoms with van der Waals surface area (Å²) < 4.78 is 0. The molecule has 0 unspecified atom stereocenters. The number of fused-ring (bicyclic) bond motifs is 1. The normalized spacial score (nSPS) is 10.7. The largest absolute Gasteiger partial charge is 0.383 e. The molecule has 0 aromatic carbocycles. The van der Waals surface area contributed by atoms with Crippen LogP contribution in [0.2, 0.25) is 5.28 Å². The van der Waals surface area contributed by atoms with E-state index in [9.17, 15) is 4.79 Å². The summed E-state index contributed by atoms with van der Waals surface area (Å²) in [6, 6.07) is 1.64. The fourth-order valence-corrected chi connectivity index (χ4v) is 1.36. The number of aromatic amines is 1. The van der Waals surface area contributed by atoms with Crippen molar-refractivity contribution >= 4 is 28.5 Å². The Labute approximate surface area is 83.9 Å². The maximum Gasteiger partial charge on any atom is 0.252 e. The monoisotopic (exact) mass is 210 g/mol. The molecule has 5 nitrogen and oxygen atoms in total. The minimum atomic E-state index is -0.202. The van der Waals surface area contributed by atoms with Crippen LogP contribution in [0.1, 0.15) is 5.56 Å². The summed E-state index contributed by atoms with van der Waals surface area (Å²) >= 11 is 5.59. The molecule has 0 aliphatic carbocycles. The van der Waals surface area contributed by atoms with Gasteiger partial charge in [0.15, 0.2) is 0 Å². The van der Waals surface area contributed by atoms with E-state index in [1.165, 1.54) is 0 Å². The molecule has 6 heteroatoms. The average molecular weight is 211 g/mol. The van der Waals surface area contributed by atoms with Crippen LogP contribution in [-0.4, -0.2) is 15.0 Å². The highest BCUT2D eigenvalue weighted by molar-refractivity contribution is 6.28. The number of aryl methyl sites for hydroxylation is 1. The van der Waals surface area contributed by atoms with Crippen molar-refractivity contribution in [3.8, 4) is 0 Å². The molecule has 2 aromatic rings. The Hall–Kier alpha value is -1.62. The van der Waals surface area contributed by atoms with Gasteiger partial charge in [0, 0.05) is 5.56 Å². The number of hydrogen-bond acceptors (Lipinski definition) is 4. The van der Waals surface area contributed by atoms with Crippen LogP contribution in [0.15, 0.2) is 10.9 Å². The maximum absolute atomic E-state index is 11.3. The van der Waals surface area contributed by atoms with E-state index in [2.05, 4.69) is 15.0 Å². The van der Waals surface area contributed by atoms with Gasteiger partial charge in [0.2, 0.25) is 5.28 Å². The van der Waals surface area contributed by atoms with Gasteiger partial charge in [0.05, 0.1) is 5.39 Å². The van der Waals surface area contributed by atoms with Crippen molar-refractivity contribution in [2.45, 2.75) is 6.92 Å². The molecule has 0 saturated heterocycles. The van der Waals surface area contributed by atoms with Gasteiger partial charge in [-0.1, -0.05) is 0 Å². The molecule has 3 N–H and O–H groups in total. The number of pyridine rings is 1. The van der Waals surface area contributed by atoms with Crippen LogP contribution in [0.4, 0.5) is 5.82 Å². The van der Waals surface area contributed by atoms with E-state index in [1.807, 2.05) is 0 Å². The first-order valence-electron chi connectivity index (χ1n) is 3.90. The van der Waals surface area contributed by atoms with Gasteiger partial charge in [0.25, 0.3) is 5.56 Å². The molecule has 0 amide bonds. The van der Waals surface area contributed by atoms with Crippen molar-refractivity contribution in [3.05, 3.63) is 27.3 Å². The highest BCUT2D eigenvalue weighted by Crippen LogP contribution is 2.16. The lowest BCUT2D eigenvalue weighted by atomic mass is 10.2. The fraction of sp³-hybridized carbons (Fsp3) is 0.125. The quantitative estimate of drug-likeness (QED) is 0.632. The van der Waals surface area contributed by atoms with E-state index in [0.29, 0.717) is 16.6 Å². The molecular formula is C8H7ClN4O. The minimum Gasteiger partial charge on any atom is -0.383 e. The second kappa shape index (κ2) is 2.95. The average Bonchev–Trinajstić information content (AvgIpc) is 2.08. The Kier molecular flexibility index (Phi) is 1.89. The number of halogens is 1. The molecule has 0 radical (unpaired) electrons. The SMILES string of the molecule is Cc1cc2c(N)nc(Cl)nc2[nH]c1=O. The third kappa shape index (κ3) is 1.31. The summed E-state index contributed by atoms with van der Waals surface area (Å²) in [6.45, 7) is 1.69. The predicted molar refractivity (Wildman–Crippen MR) is 54.3 cm³/mol. The van der Waals surface area contributed by atoms with Crippen LogP contribution in [0.3, 0.4) is 0 Å². The second-order valence-electron chi connectivity index (χ2n) is 2.92. The van der Waals surface area contributed by atoms with E-state index in [0.717, 1.165) is 0 Å². The molecule has 0 atom stereocenters. The van der Waals surface area contributed by atoms with Crippen molar-refractivity contribution in [2.75, 3.05) is 5.73 Å². The standard InChI is InChI=1S/C8H7ClN4O/c1-3-2-4-5(10)11-8(9)13-6(4)12-7(3)14/h2H,1H3,(H3,10,11,12,13,14). The Morgan fingerprint density at radius 3 is 2.93 bits per heavy atom. The number of nitrogens with one attached hydrogen (secondary N) is 1. The number of nitrogens with zero attached hydrogens (tertiary/aromatic N) is 2. The fourth-order valence-electron chi connectivity index (χ4n) is 1.18. The van der Waals surface area contributed by atoms with E-state index in [4.69, 9.17) is 17.3 Å². The molecule has 72 valence electrons. The summed E-state index contributed by atoms with van der Waals surface area (Å²) in [5.41, 5.74) is 6.34. The summed E-state index contributed by atoms with van der Waals surface area (Å²) in [5, 5.41) is 0.626. The Morgan fingerprint density at radius 1 is 1.50 bits per heavy atom. The maximum atomic E-state index is 11.3. The molecule has 2 rings (SSSR count). The van der Waals surface area contributed by atoms with Gasteiger partial charge in [0.1, 0.15) is 11.5 Å². The van der Waals surface area contributed by atoms with Gasteiger partial charge in [-0.15, -0.1) is 0 Å². The molecule has 2 heterocycles. The molecular weight excluding hydrogens is 204 g/mol. The van der Waals surface area contributed by atoms with Crippen molar-refractivity contribution in [2.24, 2.45) is 0 Å². The van der Waals surface area contributed by atoms with Gasteiger partial charge in [-0.05, 0) is 24.6 Å². The summed E-state index contributed by atoms with van der Waals surface area (Å²) in [5.74, 6) is 0.263. The minimum absolute atomic E-state index is 0.0227. The van der Waals surface area contributed by atoms with Crippen LogP contribution in [0.5, 0.6) is 0 Å². The lowest BCUT2D eigenvalue weighted by molar-refractivity contribution is 1.14. The van der Waals surface area contributed by atoms with Gasteiger partial charge >= 0.3 is 0 Å². The first kappa shape index (κ1) is 8.96. The third-order valence-corrected chi connectivity index (χ3v) is 2.07. The lowest BCUT2D eigenvalue weighted by Crippen LogP contribution is -2.10. The van der Waals surface area contributed by atoms with Gasteiger partial charge < -0.3 is 10.7 Å². The highest BCUT2D eigenvalue weighted by atomic mass is 35.5. The zero-order chi connectivity index (χ0) is 10.3. The second-order valence-corrected chi connectivity index (χ2v) is 3.26. The number of rotatable bonds is 0. The zero-order valence-corrected chi connectivity index (χ0v) is 8.09. The highest BCUT2D eigenvalue weighted by Gasteiger charge is 2.05. The topological polar surface area (TPSA) is 84.7 Å². The van der Waals surface area contributed by atoms with E-state index < -0.39 is 0 Å². The van der Waals surface area contributed by atoms with Crippen LogP contribution < -0.4 is 11.3 Å². The molecule has 14 heavy (non-hydrogen) atoms. The van der Waals surface area contributed by atoms with E-state index in [1.54, 1.807) is 13.0 Å². The van der Waals surface area contributed by atoms with Crippen LogP contribution >= 0.6 is 11.6 Å². The van der Waals surface area contributed by atoms with Crippen LogP contribution in [-0.2, 0) is 0 Å². The Balaban J connectivity index is 2.96. The summed E-state index contributed by atoms with van der Waals surface area (Å²) in [7, 11) is 0. The van der Waals surface area contributed by atoms with Gasteiger partial charge in [-0.3, -0.25) is 4.79 Å². The molecule has 0 aliphatic rings. The van der Waals surface area contributed by atoms with Crippen molar-refractivity contribution in [3.63, 3.8) is 0 Å². The van der Waals surface area contributed by atoms with E-state index >= 15 is 0 Å². The first-order chi connectivity index (χ1) is 6.58. The molecule has 0 fully saturated rings. The molecule has 0 saturated carbocycles. The van der Waals surface area contributed by atoms with Crippen molar-refractivity contribution in [1.82, 2.24) is 15.0 Å². The van der Waals surface area contributed by atoms with Crippen LogP contribution in [0, 0.1) is 6.92 Å². The molecule has 0 aliphatic heterocycles. The van der Waals surface area contributed by atoms with Crippen molar-refractivity contribution < 1.29 is 0 Å². The van der Waals surface area contributed by atoms with E-state index in [-0.39, 0.29) is 16.7 Å². The number of nitrogen functional groups attached to an aromatic ring is 1. The predicted octanol–water partition coefficient (Wildman–Crippen LogP) is 0.862. The molecule has 2 aromatic heterocycles. The number of hydrogen-bond donors (Lipinski definition) is 2. The third-order valence-electron chi connectivity index (χ3n) is 1.90. The number of nitrogens with two attached hydrogens (primary N) is 1. The Bertz CT molecular complexity index is 563. The van der Waals surface area contributed by atoms with Crippen molar-refractivity contribution in [1.29, 1.82) is 0 Å². The lowest BCUT2D eigenvalue weighted by Gasteiger charge is -2.01. The zero-order valence-electron chi connectivity index (χ0n) is 7.34. The van der Waals surface area contributed by atoms with Gasteiger partial charge in [-0.2, -0.15) is 4.98 Å². The summed E-state index contributed by atoms with van der Waals surface area (Å²) in [4.78, 5) is 21.5. The first-order valence-corrected chi connectivity index (χ1v) is 4.28. The molecule has 0 spiro atoms. The smallest absolute Gasteiger partial charge is 0.252 e. The summed E-state index contributed by atoms with van der Waals surface area (Å²) in [6.07, 6.45) is 0. The Morgan fingerprint density at radius 2 is 2.21 bits per heavy atom. The number of aromatic nitrogens is 3. The number of H-pyrrole nitrogens is 1. The molecule has 0 bridgehead atoms. The number of anilines is 1. The van der Waals surface area contributed by atoms with Crippen LogP contribution in [0.25, 0.3) is 11.0 Å². The van der Waals surface area contributed by atoms with Gasteiger partial charge in [-0.25, -0.2) is 4.98 Å².